The van der Waals surface area contributed by atoms with Crippen LogP contribution in [0.25, 0.3) is 16.9 Å². The molecule has 0 spiro atoms. The van der Waals surface area contributed by atoms with Crippen molar-refractivity contribution in [3.05, 3.63) is 70.0 Å². The highest BCUT2D eigenvalue weighted by atomic mass is 16.3. The van der Waals surface area contributed by atoms with Crippen LogP contribution in [0.5, 0.6) is 5.75 Å². The molecule has 0 radical (unpaired) electrons. The lowest BCUT2D eigenvalue weighted by atomic mass is 9.57. The highest BCUT2D eigenvalue weighted by molar-refractivity contribution is 6.24. The number of nitriles is 1. The first-order chi connectivity index (χ1) is 17.9. The largest absolute Gasteiger partial charge is 0.508 e. The van der Waals surface area contributed by atoms with E-state index in [1.807, 2.05) is 0 Å². The van der Waals surface area contributed by atoms with Crippen LogP contribution in [0, 0.1) is 23.2 Å². The Morgan fingerprint density at radius 2 is 1.87 bits per heavy atom. The van der Waals surface area contributed by atoms with Crippen molar-refractivity contribution in [1.29, 1.82) is 5.26 Å². The van der Waals surface area contributed by atoms with E-state index in [-0.39, 0.29) is 29.7 Å². The average molecular weight is 516 g/mol. The second-order valence-corrected chi connectivity index (χ2v) is 10.1. The Kier molecular flexibility index (Phi) is 5.67. The van der Waals surface area contributed by atoms with E-state index in [2.05, 4.69) is 6.07 Å². The van der Waals surface area contributed by atoms with Crippen LogP contribution in [-0.4, -0.2) is 68.5 Å². The van der Waals surface area contributed by atoms with Gasteiger partial charge in [-0.25, -0.2) is 0 Å². The Hall–Kier alpha value is -4.46. The van der Waals surface area contributed by atoms with Crippen molar-refractivity contribution in [3.8, 4) is 22.9 Å². The lowest BCUT2D eigenvalue weighted by molar-refractivity contribution is -0.153. The van der Waals surface area contributed by atoms with Crippen LogP contribution >= 0.6 is 0 Å². The third-order valence-corrected chi connectivity index (χ3v) is 7.91. The van der Waals surface area contributed by atoms with Gasteiger partial charge in [-0.1, -0.05) is 18.2 Å². The van der Waals surface area contributed by atoms with Gasteiger partial charge in [-0.3, -0.25) is 19.3 Å². The first kappa shape index (κ1) is 25.2. The van der Waals surface area contributed by atoms with Gasteiger partial charge in [0, 0.05) is 11.5 Å². The zero-order valence-electron chi connectivity index (χ0n) is 20.6. The molecule has 6 N–H and O–H groups in total. The number of fused-ring (bicyclic) bond motifs is 3. The summed E-state index contributed by atoms with van der Waals surface area (Å²) in [6.45, 7) is 0. The summed E-state index contributed by atoms with van der Waals surface area (Å²) in [6.07, 6.45) is 0.161. The number of aromatic hydroxyl groups is 1. The van der Waals surface area contributed by atoms with E-state index in [1.54, 1.807) is 44.4 Å². The van der Waals surface area contributed by atoms with Gasteiger partial charge in [0.15, 0.2) is 11.4 Å². The summed E-state index contributed by atoms with van der Waals surface area (Å²) >= 11 is 0. The number of rotatable bonds is 3. The molecule has 2 aromatic carbocycles. The van der Waals surface area contributed by atoms with Gasteiger partial charge in [-0.2, -0.15) is 5.26 Å². The first-order valence-corrected chi connectivity index (χ1v) is 11.9. The smallest absolute Gasteiger partial charge is 0.255 e. The van der Waals surface area contributed by atoms with Gasteiger partial charge in [0.1, 0.15) is 22.8 Å². The van der Waals surface area contributed by atoms with Crippen LogP contribution in [0.2, 0.25) is 0 Å². The predicted molar refractivity (Wildman–Crippen MR) is 134 cm³/mol. The Bertz CT molecular complexity index is 1550. The molecule has 4 atom stereocenters. The lowest BCUT2D eigenvalue weighted by Gasteiger charge is -2.50. The Morgan fingerprint density at radius 3 is 2.50 bits per heavy atom. The Morgan fingerprint density at radius 1 is 1.16 bits per heavy atom. The summed E-state index contributed by atoms with van der Waals surface area (Å²) in [5.74, 6) is -6.96. The van der Waals surface area contributed by atoms with Gasteiger partial charge in [0.05, 0.1) is 23.2 Å². The van der Waals surface area contributed by atoms with Crippen molar-refractivity contribution in [2.75, 3.05) is 14.1 Å². The molecule has 10 heteroatoms. The van der Waals surface area contributed by atoms with Crippen LogP contribution in [0.15, 0.2) is 53.3 Å². The molecule has 10 nitrogen and oxygen atoms in total. The highest BCUT2D eigenvalue weighted by Gasteiger charge is 2.64. The number of phenols is 1. The molecule has 3 aliphatic carbocycles. The molecule has 2 aromatic rings. The molecule has 5 rings (SSSR count). The van der Waals surface area contributed by atoms with Crippen LogP contribution in [0.4, 0.5) is 0 Å². The molecule has 1 saturated carbocycles. The molecule has 0 aliphatic heterocycles. The number of aliphatic hydroxyl groups is 3. The standard InChI is InChI=1S/C28H25N3O7/c1-31(2)22-17-10-14-9-16-15(13-5-3-4-12(8-13)11-29)6-7-18(32)20(16)23(33)19(14)25(35)28(17,38)26(36)21(24(22)34)27(30)37/h3-8,14,17,22,32-33,36,38H,9-10H2,1-2H3,(H2,30,37)/t14-,17-,22-,28-/m0/s1. The quantitative estimate of drug-likeness (QED) is 0.378. The summed E-state index contributed by atoms with van der Waals surface area (Å²) in [5, 5.41) is 53.9. The summed E-state index contributed by atoms with van der Waals surface area (Å²) in [4.78, 5) is 40.6. The molecular formula is C28H25N3O7. The lowest BCUT2D eigenvalue weighted by Crippen LogP contribution is -2.65. The van der Waals surface area contributed by atoms with Crippen LogP contribution in [0.3, 0.4) is 0 Å². The molecule has 3 aliphatic rings. The number of hydrogen-bond acceptors (Lipinski definition) is 9. The third kappa shape index (κ3) is 3.29. The third-order valence-electron chi connectivity index (χ3n) is 7.91. The van der Waals surface area contributed by atoms with Crippen molar-refractivity contribution in [1.82, 2.24) is 4.90 Å². The van der Waals surface area contributed by atoms with Gasteiger partial charge in [0.2, 0.25) is 5.78 Å². The summed E-state index contributed by atoms with van der Waals surface area (Å²) < 4.78 is 0. The molecule has 0 saturated heterocycles. The highest BCUT2D eigenvalue weighted by Crippen LogP contribution is 2.53. The monoisotopic (exact) mass is 515 g/mol. The van der Waals surface area contributed by atoms with E-state index in [4.69, 9.17) is 5.73 Å². The van der Waals surface area contributed by atoms with Gasteiger partial charge in [-0.05, 0) is 67.7 Å². The SMILES string of the molecule is CN(C)[C@@H]1C(=O)C(C(N)=O)=C(O)[C@@]2(O)C(=O)C3=C(O)c4c(O)ccc(-c5cccc(C#N)c5)c4C[C@H]3C[C@@H]12. The van der Waals surface area contributed by atoms with Crippen LogP contribution < -0.4 is 5.73 Å². The van der Waals surface area contributed by atoms with Crippen molar-refractivity contribution >= 4 is 23.2 Å². The van der Waals surface area contributed by atoms with Crippen LogP contribution in [-0.2, 0) is 20.8 Å². The van der Waals surface area contributed by atoms with E-state index in [0.29, 0.717) is 22.3 Å². The van der Waals surface area contributed by atoms with E-state index in [0.717, 1.165) is 0 Å². The Labute approximate surface area is 217 Å². The molecular weight excluding hydrogens is 490 g/mol. The molecule has 0 bridgehead atoms. The maximum Gasteiger partial charge on any atom is 0.255 e. The number of benzene rings is 2. The predicted octanol–water partition coefficient (Wildman–Crippen LogP) is 1.50. The number of aliphatic hydroxyl groups excluding tert-OH is 2. The number of carbonyl (C=O) groups excluding carboxylic acids is 3. The zero-order valence-corrected chi connectivity index (χ0v) is 20.6. The average Bonchev–Trinajstić information content (AvgIpc) is 2.86. The fourth-order valence-corrected chi connectivity index (χ4v) is 6.27. The number of phenolic OH excluding ortho intramolecular Hbond substituents is 1. The van der Waals surface area contributed by atoms with Gasteiger partial charge in [0.25, 0.3) is 5.91 Å². The molecule has 0 aromatic heterocycles. The number of primary amides is 1. The van der Waals surface area contributed by atoms with E-state index < -0.39 is 58.0 Å². The normalized spacial score (nSPS) is 26.6. The number of amides is 1. The maximum absolute atomic E-state index is 13.9. The van der Waals surface area contributed by atoms with Crippen molar-refractivity contribution in [2.45, 2.75) is 24.5 Å². The second-order valence-electron chi connectivity index (χ2n) is 10.1. The van der Waals surface area contributed by atoms with Crippen LogP contribution in [0.1, 0.15) is 23.1 Å². The molecule has 1 fully saturated rings. The van der Waals surface area contributed by atoms with Crippen molar-refractivity contribution < 1.29 is 34.8 Å². The number of likely N-dealkylation sites (N-methyl/N-ethyl adjacent to an activating group) is 1. The summed E-state index contributed by atoms with van der Waals surface area (Å²) in [7, 11) is 3.09. The van der Waals surface area contributed by atoms with Gasteiger partial charge < -0.3 is 26.2 Å². The maximum atomic E-state index is 13.9. The van der Waals surface area contributed by atoms with Gasteiger partial charge >= 0.3 is 0 Å². The number of nitrogens with two attached hydrogens (primary N) is 1. The zero-order chi connectivity index (χ0) is 27.7. The number of hydrogen-bond donors (Lipinski definition) is 5. The second kappa shape index (κ2) is 8.55. The topological polar surface area (TPSA) is 185 Å². The molecule has 1 amide bonds. The minimum Gasteiger partial charge on any atom is -0.508 e. The van der Waals surface area contributed by atoms with E-state index in [1.165, 1.54) is 11.0 Å². The Balaban J connectivity index is 1.74. The number of nitrogens with zero attached hydrogens (tertiary/aromatic N) is 2. The first-order valence-electron chi connectivity index (χ1n) is 11.9. The number of carbonyl (C=O) groups is 3. The van der Waals surface area contributed by atoms with Crippen molar-refractivity contribution in [2.24, 2.45) is 17.6 Å². The fraction of sp³-hybridized carbons (Fsp3) is 0.286. The molecule has 0 heterocycles. The minimum absolute atomic E-state index is 0.000899. The summed E-state index contributed by atoms with van der Waals surface area (Å²) in [5.41, 5.74) is 3.85. The molecule has 0 unspecified atom stereocenters. The number of ketones is 2. The van der Waals surface area contributed by atoms with Gasteiger partial charge in [-0.15, -0.1) is 0 Å². The minimum atomic E-state index is -2.68. The molecule has 194 valence electrons. The van der Waals surface area contributed by atoms with E-state index >= 15 is 0 Å². The van der Waals surface area contributed by atoms with E-state index in [9.17, 15) is 40.1 Å². The molecule has 38 heavy (non-hydrogen) atoms. The summed E-state index contributed by atoms with van der Waals surface area (Å²) in [6, 6.07) is 10.8. The van der Waals surface area contributed by atoms with Crippen molar-refractivity contribution in [3.63, 3.8) is 0 Å². The fourth-order valence-electron chi connectivity index (χ4n) is 6.27. The number of Topliss-reactive ketones (excluding diaryl/α,β-unsaturated/α-hetero) is 2.